The quantitative estimate of drug-likeness (QED) is 0.180. The first-order valence-corrected chi connectivity index (χ1v) is 17.1. The highest BCUT2D eigenvalue weighted by molar-refractivity contribution is 8.14. The zero-order valence-corrected chi connectivity index (χ0v) is 28.6. The third-order valence-electron chi connectivity index (χ3n) is 8.26. The highest BCUT2D eigenvalue weighted by Crippen LogP contribution is 2.36. The van der Waals surface area contributed by atoms with Crippen LogP contribution in [0.25, 0.3) is 17.1 Å². The Morgan fingerprint density at radius 3 is 2.50 bits per heavy atom. The lowest BCUT2D eigenvalue weighted by Gasteiger charge is -2.37. The van der Waals surface area contributed by atoms with Gasteiger partial charge in [-0.25, -0.2) is 14.5 Å². The van der Waals surface area contributed by atoms with Gasteiger partial charge in [0.25, 0.3) is 0 Å². The van der Waals surface area contributed by atoms with Gasteiger partial charge < -0.3 is 15.0 Å². The minimum atomic E-state index is -4.74. The first-order chi connectivity index (χ1) is 22.9. The largest absolute Gasteiger partial charge is 0.573 e. The Labute approximate surface area is 283 Å². The number of urea groups is 1. The van der Waals surface area contributed by atoms with Gasteiger partial charge in [-0.3, -0.25) is 0 Å². The minimum Gasteiger partial charge on any atom is -0.406 e. The SMILES string of the molecule is Cc1cccc(N2C(=NC(=O)NC(C)CCCc3ccc(-c4ncn(-c5ccc(OC(F)(F)F)cc5)n4)cc3)SCCC2C)c1C(C)C. The number of aromatic nitrogens is 3. The molecule has 254 valence electrons. The molecule has 1 aliphatic heterocycles. The summed E-state index contributed by atoms with van der Waals surface area (Å²) in [6, 6.07) is 19.6. The van der Waals surface area contributed by atoms with Gasteiger partial charge in [0.05, 0.1) is 5.69 Å². The number of hydrogen-bond acceptors (Lipinski definition) is 5. The van der Waals surface area contributed by atoms with Gasteiger partial charge in [-0.05, 0) is 99.4 Å². The van der Waals surface area contributed by atoms with Crippen LogP contribution in [0.5, 0.6) is 5.75 Å². The Bertz CT molecular complexity index is 1720. The number of carbonyl (C=O) groups is 1. The molecular formula is C36H41F3N6O2S. The van der Waals surface area contributed by atoms with Crippen molar-refractivity contribution in [2.24, 2.45) is 4.99 Å². The number of ether oxygens (including phenoxy) is 1. The van der Waals surface area contributed by atoms with Crippen LogP contribution in [-0.2, 0) is 6.42 Å². The second-order valence-corrected chi connectivity index (χ2v) is 13.5. The van der Waals surface area contributed by atoms with E-state index >= 15 is 0 Å². The molecular weight excluding hydrogens is 637 g/mol. The fourth-order valence-electron chi connectivity index (χ4n) is 5.92. The molecule has 1 aliphatic rings. The predicted molar refractivity (Wildman–Crippen MR) is 186 cm³/mol. The van der Waals surface area contributed by atoms with Crippen molar-refractivity contribution in [2.45, 2.75) is 84.7 Å². The summed E-state index contributed by atoms with van der Waals surface area (Å²) >= 11 is 1.63. The summed E-state index contributed by atoms with van der Waals surface area (Å²) in [4.78, 5) is 24.2. The smallest absolute Gasteiger partial charge is 0.406 e. The summed E-state index contributed by atoms with van der Waals surface area (Å²) in [5.41, 5.74) is 6.20. The van der Waals surface area contributed by atoms with E-state index in [2.05, 4.69) is 75.9 Å². The number of amides is 2. The van der Waals surface area contributed by atoms with E-state index < -0.39 is 6.36 Å². The number of carbonyl (C=O) groups excluding carboxylic acids is 1. The Morgan fingerprint density at radius 1 is 1.08 bits per heavy atom. The highest BCUT2D eigenvalue weighted by Gasteiger charge is 2.31. The van der Waals surface area contributed by atoms with Crippen LogP contribution >= 0.6 is 11.8 Å². The average Bonchev–Trinajstić information content (AvgIpc) is 3.51. The van der Waals surface area contributed by atoms with E-state index in [0.29, 0.717) is 17.4 Å². The molecule has 1 fully saturated rings. The Kier molecular flexibility index (Phi) is 11.1. The van der Waals surface area contributed by atoms with Crippen LogP contribution in [0, 0.1) is 6.92 Å². The van der Waals surface area contributed by atoms with E-state index in [1.807, 2.05) is 31.2 Å². The topological polar surface area (TPSA) is 84.6 Å². The number of alkyl halides is 3. The van der Waals surface area contributed by atoms with Gasteiger partial charge in [0.1, 0.15) is 12.1 Å². The molecule has 0 saturated carbocycles. The third-order valence-corrected chi connectivity index (χ3v) is 9.25. The Balaban J connectivity index is 1.13. The molecule has 1 saturated heterocycles. The number of nitrogens with zero attached hydrogens (tertiary/aromatic N) is 5. The van der Waals surface area contributed by atoms with E-state index in [-0.39, 0.29) is 23.9 Å². The number of aliphatic imine (C=N–C) groups is 1. The van der Waals surface area contributed by atoms with E-state index in [9.17, 15) is 18.0 Å². The molecule has 2 heterocycles. The summed E-state index contributed by atoms with van der Waals surface area (Å²) in [6.45, 7) is 10.7. The number of nitrogens with one attached hydrogen (secondary N) is 1. The van der Waals surface area contributed by atoms with Gasteiger partial charge in [-0.2, -0.15) is 4.99 Å². The molecule has 2 atom stereocenters. The number of benzene rings is 3. The first kappa shape index (κ1) is 35.0. The van der Waals surface area contributed by atoms with Crippen LogP contribution in [0.1, 0.15) is 69.6 Å². The van der Waals surface area contributed by atoms with Gasteiger partial charge in [-0.1, -0.05) is 62.0 Å². The molecule has 3 aromatic carbocycles. The maximum absolute atomic E-state index is 13.1. The van der Waals surface area contributed by atoms with Crippen LogP contribution in [0.2, 0.25) is 0 Å². The second-order valence-electron chi connectivity index (χ2n) is 12.4. The summed E-state index contributed by atoms with van der Waals surface area (Å²) in [5, 5.41) is 8.28. The number of aryl methyl sites for hydroxylation is 2. The summed E-state index contributed by atoms with van der Waals surface area (Å²) in [6.07, 6.45) is 0.329. The molecule has 0 spiro atoms. The van der Waals surface area contributed by atoms with Crippen molar-refractivity contribution in [2.75, 3.05) is 10.7 Å². The van der Waals surface area contributed by atoms with Gasteiger partial charge in [-0.15, -0.1) is 18.3 Å². The van der Waals surface area contributed by atoms with Crippen molar-refractivity contribution < 1.29 is 22.7 Å². The fourth-order valence-corrected chi connectivity index (χ4v) is 7.12. The van der Waals surface area contributed by atoms with E-state index in [0.717, 1.165) is 53.4 Å². The average molecular weight is 679 g/mol. The first-order valence-electron chi connectivity index (χ1n) is 16.2. The van der Waals surface area contributed by atoms with E-state index in [1.54, 1.807) is 11.8 Å². The molecule has 0 aliphatic carbocycles. The lowest BCUT2D eigenvalue weighted by Crippen LogP contribution is -2.43. The third kappa shape index (κ3) is 8.97. The maximum atomic E-state index is 13.1. The van der Waals surface area contributed by atoms with Crippen molar-refractivity contribution in [1.82, 2.24) is 20.1 Å². The van der Waals surface area contributed by atoms with Gasteiger partial charge >= 0.3 is 12.4 Å². The van der Waals surface area contributed by atoms with Crippen LogP contribution in [0.4, 0.5) is 23.7 Å². The monoisotopic (exact) mass is 678 g/mol. The van der Waals surface area contributed by atoms with Gasteiger partial charge in [0, 0.05) is 29.1 Å². The molecule has 2 amide bonds. The second kappa shape index (κ2) is 15.3. The Morgan fingerprint density at radius 2 is 1.81 bits per heavy atom. The van der Waals surface area contributed by atoms with Crippen molar-refractivity contribution in [3.8, 4) is 22.8 Å². The summed E-state index contributed by atoms with van der Waals surface area (Å²) < 4.78 is 42.7. The van der Waals surface area contributed by atoms with E-state index in [1.165, 1.54) is 46.4 Å². The number of rotatable bonds is 10. The molecule has 0 bridgehead atoms. The molecule has 4 aromatic rings. The number of thioether (sulfide) groups is 1. The zero-order valence-electron chi connectivity index (χ0n) is 27.8. The standard InChI is InChI=1S/C36H41F3N6O2S/c1-23(2)32-24(3)8-6-11-31(32)45-26(5)20-21-48-35(45)42-34(46)41-25(4)9-7-10-27-12-14-28(15-13-27)33-40-22-44(43-33)29-16-18-30(19-17-29)47-36(37,38)39/h6,8,11-19,22-23,25-26H,7,9-10,20-21H2,1-5H3,(H,41,46). The lowest BCUT2D eigenvalue weighted by molar-refractivity contribution is -0.274. The summed E-state index contributed by atoms with van der Waals surface area (Å²) in [7, 11) is 0. The van der Waals surface area contributed by atoms with E-state index in [4.69, 9.17) is 0 Å². The highest BCUT2D eigenvalue weighted by atomic mass is 32.2. The lowest BCUT2D eigenvalue weighted by atomic mass is 9.95. The molecule has 12 heteroatoms. The molecule has 1 aromatic heterocycles. The van der Waals surface area contributed by atoms with Crippen LogP contribution in [0.3, 0.4) is 0 Å². The number of halogens is 3. The number of hydrogen-bond donors (Lipinski definition) is 1. The van der Waals surface area contributed by atoms with Gasteiger partial charge in [0.15, 0.2) is 11.0 Å². The molecule has 8 nitrogen and oxygen atoms in total. The summed E-state index contributed by atoms with van der Waals surface area (Å²) in [5.74, 6) is 1.48. The van der Waals surface area contributed by atoms with Gasteiger partial charge in [0.2, 0.25) is 0 Å². The number of amidine groups is 1. The maximum Gasteiger partial charge on any atom is 0.573 e. The fraction of sp³-hybridized carbons (Fsp3) is 0.389. The molecule has 48 heavy (non-hydrogen) atoms. The molecule has 1 N–H and O–H groups in total. The van der Waals surface area contributed by atoms with Crippen molar-refractivity contribution in [1.29, 1.82) is 0 Å². The van der Waals surface area contributed by atoms with Crippen LogP contribution < -0.4 is 15.0 Å². The predicted octanol–water partition coefficient (Wildman–Crippen LogP) is 9.07. The molecule has 2 unspecified atom stereocenters. The Hall–Kier alpha value is -4.32. The normalized spacial score (nSPS) is 16.7. The van der Waals surface area contributed by atoms with Crippen LogP contribution in [0.15, 0.2) is 78.0 Å². The van der Waals surface area contributed by atoms with Crippen molar-refractivity contribution in [3.63, 3.8) is 0 Å². The van der Waals surface area contributed by atoms with Crippen molar-refractivity contribution >= 4 is 28.6 Å². The zero-order chi connectivity index (χ0) is 34.4. The van der Waals surface area contributed by atoms with Crippen molar-refractivity contribution in [3.05, 3.63) is 89.7 Å². The molecule has 0 radical (unpaired) electrons. The molecule has 5 rings (SSSR count). The number of anilines is 1. The van der Waals surface area contributed by atoms with Crippen LogP contribution in [-0.4, -0.2) is 50.2 Å². The minimum absolute atomic E-state index is 0.0342.